The van der Waals surface area contributed by atoms with E-state index >= 15 is 0 Å². The first-order valence-electron chi connectivity index (χ1n) is 11.4. The van der Waals surface area contributed by atoms with Crippen LogP contribution in [-0.4, -0.2) is 45.4 Å². The van der Waals surface area contributed by atoms with Gasteiger partial charge in [-0.3, -0.25) is 0 Å². The zero-order chi connectivity index (χ0) is 25.3. The number of carbonyl (C=O) groups excluding carboxylic acids is 1. The van der Waals surface area contributed by atoms with E-state index in [-0.39, 0.29) is 16.7 Å². The summed E-state index contributed by atoms with van der Waals surface area (Å²) in [7, 11) is 0. The third-order valence-electron chi connectivity index (χ3n) is 5.61. The average molecular weight is 500 g/mol. The van der Waals surface area contributed by atoms with Crippen molar-refractivity contribution in [3.8, 4) is 17.2 Å². The molecule has 35 heavy (non-hydrogen) atoms. The topological polar surface area (TPSA) is 63.2 Å². The Labute approximate surface area is 201 Å². The Kier molecular flexibility index (Phi) is 9.33. The number of alkyl halides is 3. The van der Waals surface area contributed by atoms with Crippen LogP contribution in [0, 0.1) is 11.2 Å². The summed E-state index contributed by atoms with van der Waals surface area (Å²) in [6, 6.07) is 8.56. The van der Waals surface area contributed by atoms with E-state index in [9.17, 15) is 22.4 Å². The van der Waals surface area contributed by atoms with Gasteiger partial charge in [0.25, 0.3) is 0 Å². The molecule has 0 spiro atoms. The van der Waals surface area contributed by atoms with Crippen molar-refractivity contribution in [2.24, 2.45) is 5.41 Å². The van der Waals surface area contributed by atoms with Crippen LogP contribution in [0.5, 0.6) is 17.2 Å². The lowest BCUT2D eigenvalue weighted by atomic mass is 9.84. The van der Waals surface area contributed by atoms with Gasteiger partial charge in [-0.2, -0.15) is 0 Å². The molecule has 0 aromatic heterocycles. The first-order chi connectivity index (χ1) is 16.7. The average Bonchev–Trinajstić information content (AvgIpc) is 2.78. The Morgan fingerprint density at radius 3 is 2.29 bits per heavy atom. The van der Waals surface area contributed by atoms with Crippen LogP contribution in [0.25, 0.3) is 0 Å². The van der Waals surface area contributed by atoms with Crippen LogP contribution in [0.3, 0.4) is 0 Å². The van der Waals surface area contributed by atoms with Gasteiger partial charge < -0.3 is 23.7 Å². The van der Waals surface area contributed by atoms with Crippen molar-refractivity contribution in [1.29, 1.82) is 0 Å². The van der Waals surface area contributed by atoms with Crippen molar-refractivity contribution < 1.29 is 46.0 Å². The summed E-state index contributed by atoms with van der Waals surface area (Å²) in [5.74, 6) is -2.79. The predicted octanol–water partition coefficient (Wildman–Crippen LogP) is 5.94. The molecule has 6 nitrogen and oxygen atoms in total. The molecule has 3 rings (SSSR count). The van der Waals surface area contributed by atoms with E-state index in [0.29, 0.717) is 25.0 Å². The molecule has 10 heteroatoms. The molecule has 0 bridgehead atoms. The number of hydrogen-bond donors (Lipinski definition) is 0. The molecule has 0 radical (unpaired) electrons. The number of carbonyl (C=O) groups is 1. The largest absolute Gasteiger partial charge is 0.573 e. The number of halogens is 4. The molecule has 1 heterocycles. The van der Waals surface area contributed by atoms with Crippen LogP contribution in [0.1, 0.15) is 43.0 Å². The highest BCUT2D eigenvalue weighted by Gasteiger charge is 2.36. The Bertz CT molecular complexity index is 952. The number of rotatable bonds is 13. The number of benzene rings is 2. The second-order valence-electron chi connectivity index (χ2n) is 8.36. The van der Waals surface area contributed by atoms with Gasteiger partial charge in [0.15, 0.2) is 11.6 Å². The van der Waals surface area contributed by atoms with Gasteiger partial charge >= 0.3 is 12.3 Å². The van der Waals surface area contributed by atoms with Gasteiger partial charge in [0.2, 0.25) is 0 Å². The third kappa shape index (κ3) is 8.40. The summed E-state index contributed by atoms with van der Waals surface area (Å²) in [5.41, 5.74) is 0.376. The minimum atomic E-state index is -5.03. The van der Waals surface area contributed by atoms with E-state index in [1.165, 1.54) is 12.1 Å². The number of esters is 1. The smallest absolute Gasteiger partial charge is 0.494 e. The fourth-order valence-corrected chi connectivity index (χ4v) is 3.35. The summed E-state index contributed by atoms with van der Waals surface area (Å²) in [5, 5.41) is 0. The highest BCUT2D eigenvalue weighted by atomic mass is 19.4. The maximum Gasteiger partial charge on any atom is 0.573 e. The van der Waals surface area contributed by atoms with E-state index in [1.54, 1.807) is 12.1 Å². The van der Waals surface area contributed by atoms with Crippen LogP contribution in [0.4, 0.5) is 17.6 Å². The van der Waals surface area contributed by atoms with Crippen molar-refractivity contribution in [1.82, 2.24) is 0 Å². The van der Waals surface area contributed by atoms with Gasteiger partial charge in [-0.05, 0) is 62.1 Å². The fraction of sp³-hybridized carbons (Fsp3) is 0.480. The van der Waals surface area contributed by atoms with Crippen LogP contribution >= 0.6 is 0 Å². The molecular formula is C25H28F4O6. The SMILES string of the molecule is CCC1(COCCCCCOc2ccc(C(=O)Oc3ccc(OC(F)(F)F)c(F)c3)cc2)COC1. The second-order valence-corrected chi connectivity index (χ2v) is 8.36. The molecule has 1 fully saturated rings. The van der Waals surface area contributed by atoms with Crippen LogP contribution in [0.15, 0.2) is 42.5 Å². The summed E-state index contributed by atoms with van der Waals surface area (Å²) >= 11 is 0. The molecule has 0 atom stereocenters. The Morgan fingerprint density at radius 1 is 1.00 bits per heavy atom. The summed E-state index contributed by atoms with van der Waals surface area (Å²) in [6.45, 7) is 5.67. The normalized spacial score (nSPS) is 14.8. The van der Waals surface area contributed by atoms with E-state index < -0.39 is 23.9 Å². The first kappa shape index (κ1) is 26.7. The van der Waals surface area contributed by atoms with Gasteiger partial charge in [-0.1, -0.05) is 6.92 Å². The molecular weight excluding hydrogens is 472 g/mol. The highest BCUT2D eigenvalue weighted by molar-refractivity contribution is 5.91. The van der Waals surface area contributed by atoms with E-state index in [0.717, 1.165) is 57.6 Å². The molecule has 192 valence electrons. The van der Waals surface area contributed by atoms with Crippen molar-refractivity contribution in [3.63, 3.8) is 0 Å². The standard InChI is InChI=1S/C25H28F4O6/c1-2-24(16-32-17-24)15-31-12-4-3-5-13-33-19-8-6-18(7-9-19)23(30)34-20-10-11-22(21(26)14-20)35-25(27,28)29/h6-11,14H,2-5,12-13,15-17H2,1H3. The van der Waals surface area contributed by atoms with Crippen LogP contribution < -0.4 is 14.2 Å². The van der Waals surface area contributed by atoms with Gasteiger partial charge in [0.05, 0.1) is 32.0 Å². The van der Waals surface area contributed by atoms with Crippen molar-refractivity contribution in [2.75, 3.05) is 33.0 Å². The van der Waals surface area contributed by atoms with Crippen molar-refractivity contribution in [2.45, 2.75) is 39.0 Å². The Morgan fingerprint density at radius 2 is 1.69 bits per heavy atom. The fourth-order valence-electron chi connectivity index (χ4n) is 3.35. The molecule has 0 saturated carbocycles. The predicted molar refractivity (Wildman–Crippen MR) is 118 cm³/mol. The maximum absolute atomic E-state index is 13.8. The molecule has 1 saturated heterocycles. The van der Waals surface area contributed by atoms with Crippen LogP contribution in [-0.2, 0) is 9.47 Å². The molecule has 2 aromatic carbocycles. The van der Waals surface area contributed by atoms with E-state index in [1.807, 2.05) is 0 Å². The monoisotopic (exact) mass is 500 g/mol. The van der Waals surface area contributed by atoms with E-state index in [4.69, 9.17) is 18.9 Å². The Hall–Kier alpha value is -2.85. The summed E-state index contributed by atoms with van der Waals surface area (Å²) < 4.78 is 75.7. The maximum atomic E-state index is 13.8. The molecule has 0 aliphatic carbocycles. The quantitative estimate of drug-likeness (QED) is 0.147. The molecule has 0 unspecified atom stereocenters. The Balaban J connectivity index is 1.34. The number of ether oxygens (including phenoxy) is 5. The van der Waals surface area contributed by atoms with Gasteiger partial charge in [0.1, 0.15) is 11.5 Å². The van der Waals surface area contributed by atoms with Crippen molar-refractivity contribution >= 4 is 5.97 Å². The minimum Gasteiger partial charge on any atom is -0.494 e. The summed E-state index contributed by atoms with van der Waals surface area (Å²) in [4.78, 5) is 12.2. The van der Waals surface area contributed by atoms with Gasteiger partial charge in [-0.15, -0.1) is 13.2 Å². The first-order valence-corrected chi connectivity index (χ1v) is 11.4. The van der Waals surface area contributed by atoms with Gasteiger partial charge in [-0.25, -0.2) is 9.18 Å². The number of unbranched alkanes of at least 4 members (excludes halogenated alkanes) is 2. The van der Waals surface area contributed by atoms with Crippen LogP contribution in [0.2, 0.25) is 0 Å². The number of hydrogen-bond acceptors (Lipinski definition) is 6. The lowest BCUT2D eigenvalue weighted by Gasteiger charge is -2.40. The lowest BCUT2D eigenvalue weighted by Crippen LogP contribution is -2.45. The molecule has 0 amide bonds. The highest BCUT2D eigenvalue weighted by Crippen LogP contribution is 2.31. The molecule has 0 N–H and O–H groups in total. The van der Waals surface area contributed by atoms with Crippen molar-refractivity contribution in [3.05, 3.63) is 53.8 Å². The zero-order valence-electron chi connectivity index (χ0n) is 19.4. The molecule has 1 aliphatic heterocycles. The van der Waals surface area contributed by atoms with E-state index in [2.05, 4.69) is 11.7 Å². The lowest BCUT2D eigenvalue weighted by molar-refractivity contribution is -0.275. The third-order valence-corrected chi connectivity index (χ3v) is 5.61. The van der Waals surface area contributed by atoms with Gasteiger partial charge in [0, 0.05) is 18.1 Å². The minimum absolute atomic E-state index is 0.173. The molecule has 2 aromatic rings. The zero-order valence-corrected chi connectivity index (χ0v) is 19.4. The summed E-state index contributed by atoms with van der Waals surface area (Å²) in [6.07, 6.45) is -1.21. The second kappa shape index (κ2) is 12.2. The molecule has 1 aliphatic rings.